The van der Waals surface area contributed by atoms with Crippen molar-refractivity contribution in [1.29, 1.82) is 0 Å². The van der Waals surface area contributed by atoms with E-state index in [9.17, 15) is 47.4 Å². The van der Waals surface area contributed by atoms with Crippen molar-refractivity contribution in [3.8, 4) is 21.6 Å². The largest absolute Gasteiger partial charge is 0.481 e. The predicted octanol–water partition coefficient (Wildman–Crippen LogP) is 10.6. The van der Waals surface area contributed by atoms with Gasteiger partial charge in [-0.15, -0.1) is 11.3 Å². The number of amides is 5. The number of piperidine rings is 1. The van der Waals surface area contributed by atoms with E-state index < -0.39 is 69.3 Å². The lowest BCUT2D eigenvalue weighted by molar-refractivity contribution is -0.144. The molecule has 5 amide bonds. The Kier molecular flexibility index (Phi) is 19.8. The van der Waals surface area contributed by atoms with E-state index in [1.54, 1.807) is 53.4 Å². The van der Waals surface area contributed by atoms with Gasteiger partial charge in [0, 0.05) is 86.1 Å². The lowest BCUT2D eigenvalue weighted by Crippen LogP contribution is -2.59. The Hall–Kier alpha value is -8.91. The maximum Gasteiger partial charge on any atom is 0.303 e. The number of sulfonamides is 1. The highest BCUT2D eigenvalue weighted by Crippen LogP contribution is 2.43. The fourth-order valence-electron chi connectivity index (χ4n) is 14.2. The first-order valence-electron chi connectivity index (χ1n) is 33.2. The quantitative estimate of drug-likeness (QED) is 0.0413. The number of nitrogens with zero attached hydrogens (tertiary/aromatic N) is 8. The van der Waals surface area contributed by atoms with E-state index in [4.69, 9.17) is 10.1 Å². The van der Waals surface area contributed by atoms with Crippen LogP contribution in [0.3, 0.4) is 0 Å². The molecule has 1 aliphatic carbocycles. The Balaban J connectivity index is 0.720. The number of hydrogen-bond acceptors (Lipinski definition) is 17. The molecule has 4 aromatic heterocycles. The summed E-state index contributed by atoms with van der Waals surface area (Å²) in [7, 11) is -4.53. The zero-order chi connectivity index (χ0) is 68.5. The third kappa shape index (κ3) is 15.0. The molecular formula is C72H82N12O10S3. The van der Waals surface area contributed by atoms with Crippen molar-refractivity contribution in [2.75, 3.05) is 41.3 Å². The van der Waals surface area contributed by atoms with Crippen LogP contribution in [-0.2, 0) is 48.7 Å². The molecular weight excluding hydrogens is 1290 g/mol. The summed E-state index contributed by atoms with van der Waals surface area (Å²) in [4.78, 5) is 104. The summed E-state index contributed by atoms with van der Waals surface area (Å²) in [6.45, 7) is 13.3. The fourth-order valence-corrected chi connectivity index (χ4v) is 16.8. The highest BCUT2D eigenvalue weighted by atomic mass is 32.2. The molecule has 0 bridgehead atoms. The molecule has 3 aliphatic heterocycles. The molecule has 508 valence electrons. The summed E-state index contributed by atoms with van der Waals surface area (Å²) in [5, 5.41) is 34.9. The fraction of sp³-hybridized carbons (Fsp3) is 0.417. The lowest BCUT2D eigenvalue weighted by Gasteiger charge is -2.38. The number of nitrogens with one attached hydrogen (secondary N) is 4. The number of carbonyl (C=O) groups is 6. The number of fused-ring (bicyclic) bond motifs is 2. The molecule has 8 aromatic rings. The van der Waals surface area contributed by atoms with E-state index >= 15 is 0 Å². The first-order chi connectivity index (χ1) is 46.4. The number of aliphatic hydroxyl groups excluding tert-OH is 1. The maximum absolute atomic E-state index is 14.9. The van der Waals surface area contributed by atoms with Gasteiger partial charge < -0.3 is 35.5 Å². The van der Waals surface area contributed by atoms with Gasteiger partial charge in [-0.25, -0.2) is 28.1 Å². The van der Waals surface area contributed by atoms with Gasteiger partial charge >= 0.3 is 5.97 Å². The van der Waals surface area contributed by atoms with Crippen LogP contribution in [0.4, 0.5) is 16.6 Å². The Bertz CT molecular complexity index is 4360. The van der Waals surface area contributed by atoms with E-state index in [-0.39, 0.29) is 53.7 Å². The van der Waals surface area contributed by atoms with E-state index in [1.807, 2.05) is 117 Å². The highest BCUT2D eigenvalue weighted by molar-refractivity contribution is 7.90. The third-order valence-electron chi connectivity index (χ3n) is 19.8. The number of benzene rings is 4. The summed E-state index contributed by atoms with van der Waals surface area (Å²) in [5.41, 5.74) is 8.75. The number of carboxylic acids is 1. The second-order valence-corrected chi connectivity index (χ2v) is 31.0. The van der Waals surface area contributed by atoms with Crippen molar-refractivity contribution >= 4 is 95.1 Å². The topological polar surface area (TPSA) is 291 Å². The van der Waals surface area contributed by atoms with Crippen LogP contribution in [0.5, 0.6) is 0 Å². The number of likely N-dealkylation sites (tertiary alicyclic amines) is 1. The van der Waals surface area contributed by atoms with Crippen molar-refractivity contribution < 1.29 is 47.4 Å². The van der Waals surface area contributed by atoms with Crippen LogP contribution in [0.2, 0.25) is 0 Å². The standard InChI is InChI=1S/C72H82N12O10S3/c1-43(46-17-19-48(20-18-46)63-44(2)73-42-95-63)75-67(90)58-37-51(85)39-83(58)69(92)64(71(4,5)6)78-65(88)49-29-34-81(35-30-49)50-21-23-52(24-22-50)97(93,94)80-68(91)62-53(55-38-74-84(45(55)3)41-72(33-27-61(86)87)31-10-7-11-32-72)25-26-60(77-62)82-36-28-47-13-12-14-54(56(47)40-82)66(89)79-70-76-57-15-8-9-16-59(57)96-70/h8-9,12-26,38,42-43,49,51,58,64,85H,7,10-11,27-37,39-41H2,1-6H3,(H,75,90)(H,78,88)(H,80,91)(H,86,87)(H,76,79,89)/t43-,51+,58-,64+/m0/s1. The van der Waals surface area contributed by atoms with E-state index in [2.05, 4.69) is 30.6 Å². The summed E-state index contributed by atoms with van der Waals surface area (Å²) < 4.78 is 34.0. The molecule has 25 heteroatoms. The van der Waals surface area contributed by atoms with Gasteiger partial charge in [0.25, 0.3) is 21.8 Å². The van der Waals surface area contributed by atoms with E-state index in [0.29, 0.717) is 90.9 Å². The third-order valence-corrected chi connectivity index (χ3v) is 23.0. The highest BCUT2D eigenvalue weighted by Gasteiger charge is 2.46. The van der Waals surface area contributed by atoms with Crippen LogP contribution >= 0.6 is 22.7 Å². The summed E-state index contributed by atoms with van der Waals surface area (Å²) in [6, 6.07) is 28.5. The van der Waals surface area contributed by atoms with Crippen LogP contribution in [0, 0.1) is 30.6 Å². The van der Waals surface area contributed by atoms with Gasteiger partial charge in [-0.1, -0.05) is 99.9 Å². The molecule has 7 heterocycles. The predicted molar refractivity (Wildman–Crippen MR) is 374 cm³/mol. The van der Waals surface area contributed by atoms with Gasteiger partial charge in [0.05, 0.1) is 49.5 Å². The molecule has 22 nitrogen and oxygen atoms in total. The summed E-state index contributed by atoms with van der Waals surface area (Å²) in [6.07, 6.45) is 7.44. The number of pyridine rings is 1. The zero-order valence-electron chi connectivity index (χ0n) is 55.3. The average molecular weight is 1370 g/mol. The minimum absolute atomic E-state index is 0.0341. The lowest BCUT2D eigenvalue weighted by atomic mass is 9.71. The Morgan fingerprint density at radius 2 is 1.55 bits per heavy atom. The minimum atomic E-state index is -4.53. The molecule has 4 aliphatic rings. The number of anilines is 3. The Morgan fingerprint density at radius 3 is 2.25 bits per heavy atom. The number of aliphatic carboxylic acids is 1. The first kappa shape index (κ1) is 68.0. The van der Waals surface area contributed by atoms with Gasteiger partial charge in [0.15, 0.2) is 5.13 Å². The number of aryl methyl sites for hydroxylation is 1. The molecule has 6 N–H and O–H groups in total. The molecule has 4 atom stereocenters. The zero-order valence-corrected chi connectivity index (χ0v) is 57.8. The van der Waals surface area contributed by atoms with Gasteiger partial charge in [0.1, 0.15) is 23.6 Å². The van der Waals surface area contributed by atoms with Crippen LogP contribution in [0.1, 0.15) is 147 Å². The van der Waals surface area contributed by atoms with E-state index in [0.717, 1.165) is 75.1 Å². The van der Waals surface area contributed by atoms with Gasteiger partial charge in [0.2, 0.25) is 17.7 Å². The average Bonchev–Trinajstić information content (AvgIpc) is 1.68. The number of thiazole rings is 2. The van der Waals surface area contributed by atoms with Crippen LogP contribution in [0.15, 0.2) is 120 Å². The number of para-hydroxylation sites is 1. The maximum atomic E-state index is 14.9. The number of β-amino-alcohol motifs (C(OH)–C–C–N with tert-alkyl or cyclic N) is 1. The number of carboxylic acid groups (broad SMARTS) is 1. The van der Waals surface area contributed by atoms with Crippen LogP contribution < -0.4 is 30.5 Å². The molecule has 12 rings (SSSR count). The van der Waals surface area contributed by atoms with Gasteiger partial charge in [-0.2, -0.15) is 5.10 Å². The Labute approximate surface area is 572 Å². The van der Waals surface area contributed by atoms with Crippen LogP contribution in [-0.4, -0.2) is 128 Å². The summed E-state index contributed by atoms with van der Waals surface area (Å²) >= 11 is 2.94. The molecule has 97 heavy (non-hydrogen) atoms. The van der Waals surface area contributed by atoms with Crippen molar-refractivity contribution in [1.82, 2.24) is 45.0 Å². The molecule has 0 radical (unpaired) electrons. The SMILES string of the molecule is Cc1ncsc1-c1ccc([C@H](C)NC(=O)[C@@H]2C[C@@H](O)CN2C(=O)[C@@H](NC(=O)C2CCN(c3ccc(S(=O)(=O)NC(=O)c4nc(N5CCc6cccc(C(=O)Nc7nc8ccccc8s7)c6C5)ccc4-c4cnn(CC5(CCC(=O)O)CCCCC5)c4C)cc3)CC2)C(C)(C)C)cc1. The molecule has 0 unspecified atom stereocenters. The monoisotopic (exact) mass is 1370 g/mol. The van der Waals surface area contributed by atoms with Crippen LogP contribution in [0.25, 0.3) is 31.8 Å². The van der Waals surface area contributed by atoms with Gasteiger partial charge in [-0.3, -0.25) is 38.8 Å². The number of aliphatic hydroxyl groups is 1. The molecule has 3 fully saturated rings. The van der Waals surface area contributed by atoms with Crippen molar-refractivity contribution in [3.63, 3.8) is 0 Å². The molecule has 1 saturated carbocycles. The Morgan fingerprint density at radius 1 is 0.804 bits per heavy atom. The smallest absolute Gasteiger partial charge is 0.303 e. The summed E-state index contributed by atoms with van der Waals surface area (Å²) in [5.74, 6) is -3.38. The number of aromatic nitrogens is 5. The van der Waals surface area contributed by atoms with Gasteiger partial charge in [-0.05, 0) is 147 Å². The first-order valence-corrected chi connectivity index (χ1v) is 36.4. The molecule has 0 spiro atoms. The van der Waals surface area contributed by atoms with Crippen molar-refractivity contribution in [2.45, 2.75) is 154 Å². The van der Waals surface area contributed by atoms with Crippen molar-refractivity contribution in [3.05, 3.63) is 154 Å². The van der Waals surface area contributed by atoms with Crippen molar-refractivity contribution in [2.24, 2.45) is 16.7 Å². The number of carbonyl (C=O) groups excluding carboxylic acids is 5. The second kappa shape index (κ2) is 28.3. The second-order valence-electron chi connectivity index (χ2n) is 27.4. The molecule has 4 aromatic carbocycles. The normalized spacial score (nSPS) is 18.1. The minimum Gasteiger partial charge on any atom is -0.481 e. The number of rotatable bonds is 20. The molecule has 2 saturated heterocycles. The number of hydrogen-bond donors (Lipinski definition) is 6. The van der Waals surface area contributed by atoms with E-state index in [1.165, 1.54) is 28.4 Å².